The van der Waals surface area contributed by atoms with E-state index in [-0.39, 0.29) is 0 Å². The summed E-state index contributed by atoms with van der Waals surface area (Å²) < 4.78 is 0. The standard InChI is InChI=1S/C13H28N2/c1-5-12-7-6-8-13(12,10-14)15(4)9-11(2)3/h11-12H,5-10,14H2,1-4H3. The Morgan fingerprint density at radius 2 is 2.13 bits per heavy atom. The van der Waals surface area contributed by atoms with Crippen molar-refractivity contribution in [2.75, 3.05) is 20.1 Å². The van der Waals surface area contributed by atoms with Crippen molar-refractivity contribution >= 4 is 0 Å². The summed E-state index contributed by atoms with van der Waals surface area (Å²) in [4.78, 5) is 2.54. The minimum Gasteiger partial charge on any atom is -0.329 e. The van der Waals surface area contributed by atoms with Crippen LogP contribution in [0.5, 0.6) is 0 Å². The van der Waals surface area contributed by atoms with Gasteiger partial charge in [-0.15, -0.1) is 0 Å². The lowest BCUT2D eigenvalue weighted by atomic mass is 9.83. The minimum atomic E-state index is 0.305. The summed E-state index contributed by atoms with van der Waals surface area (Å²) in [6.07, 6.45) is 5.30. The summed E-state index contributed by atoms with van der Waals surface area (Å²) in [6.45, 7) is 8.89. The Labute approximate surface area is 95.2 Å². The van der Waals surface area contributed by atoms with E-state index >= 15 is 0 Å². The first-order chi connectivity index (χ1) is 7.06. The van der Waals surface area contributed by atoms with Crippen molar-refractivity contribution in [3.63, 3.8) is 0 Å². The van der Waals surface area contributed by atoms with Crippen LogP contribution in [0.1, 0.15) is 46.5 Å². The van der Waals surface area contributed by atoms with E-state index in [4.69, 9.17) is 5.73 Å². The molecule has 1 saturated carbocycles. The lowest BCUT2D eigenvalue weighted by Gasteiger charge is -2.43. The van der Waals surface area contributed by atoms with Crippen LogP contribution in [-0.2, 0) is 0 Å². The van der Waals surface area contributed by atoms with Gasteiger partial charge in [-0.2, -0.15) is 0 Å². The molecule has 1 fully saturated rings. The van der Waals surface area contributed by atoms with Crippen LogP contribution in [0.15, 0.2) is 0 Å². The Morgan fingerprint density at radius 1 is 1.47 bits per heavy atom. The van der Waals surface area contributed by atoms with E-state index in [1.807, 2.05) is 0 Å². The molecule has 0 spiro atoms. The zero-order valence-corrected chi connectivity index (χ0v) is 10.9. The lowest BCUT2D eigenvalue weighted by molar-refractivity contribution is 0.0709. The third kappa shape index (κ3) is 2.54. The van der Waals surface area contributed by atoms with Crippen LogP contribution < -0.4 is 5.73 Å². The van der Waals surface area contributed by atoms with Gasteiger partial charge in [-0.3, -0.25) is 4.90 Å². The number of hydrogen-bond acceptors (Lipinski definition) is 2. The van der Waals surface area contributed by atoms with Crippen LogP contribution in [0.4, 0.5) is 0 Å². The van der Waals surface area contributed by atoms with E-state index in [0.29, 0.717) is 5.54 Å². The minimum absolute atomic E-state index is 0.305. The second-order valence-electron chi connectivity index (χ2n) is 5.58. The van der Waals surface area contributed by atoms with Gasteiger partial charge in [0, 0.05) is 18.6 Å². The molecule has 0 saturated heterocycles. The van der Waals surface area contributed by atoms with Gasteiger partial charge in [0.15, 0.2) is 0 Å². The fourth-order valence-electron chi connectivity index (χ4n) is 3.37. The molecule has 0 amide bonds. The maximum Gasteiger partial charge on any atom is 0.0356 e. The average Bonchev–Trinajstić information content (AvgIpc) is 2.60. The molecule has 2 N–H and O–H groups in total. The molecule has 0 aliphatic heterocycles. The third-order valence-corrected chi connectivity index (χ3v) is 4.17. The Bertz CT molecular complexity index is 191. The Kier molecular flexibility index (Phi) is 4.60. The molecule has 0 aromatic heterocycles. The molecule has 2 nitrogen and oxygen atoms in total. The highest BCUT2D eigenvalue weighted by molar-refractivity contribution is 5.00. The number of hydrogen-bond donors (Lipinski definition) is 1. The number of nitrogens with zero attached hydrogens (tertiary/aromatic N) is 1. The maximum absolute atomic E-state index is 6.07. The molecule has 90 valence electrons. The first kappa shape index (κ1) is 13.0. The predicted octanol–water partition coefficient (Wildman–Crippen LogP) is 2.48. The normalized spacial score (nSPS) is 31.8. The third-order valence-electron chi connectivity index (χ3n) is 4.17. The quantitative estimate of drug-likeness (QED) is 0.758. The van der Waals surface area contributed by atoms with Crippen molar-refractivity contribution in [2.24, 2.45) is 17.6 Å². The van der Waals surface area contributed by atoms with Crippen molar-refractivity contribution in [3.8, 4) is 0 Å². The summed E-state index contributed by atoms with van der Waals surface area (Å²) >= 11 is 0. The van der Waals surface area contributed by atoms with Crippen molar-refractivity contribution in [2.45, 2.75) is 52.0 Å². The fraction of sp³-hybridized carbons (Fsp3) is 1.00. The van der Waals surface area contributed by atoms with Gasteiger partial charge in [-0.25, -0.2) is 0 Å². The van der Waals surface area contributed by atoms with Crippen LogP contribution in [-0.4, -0.2) is 30.6 Å². The van der Waals surface area contributed by atoms with E-state index in [0.717, 1.165) is 18.4 Å². The maximum atomic E-state index is 6.07. The molecule has 1 aliphatic carbocycles. The highest BCUT2D eigenvalue weighted by atomic mass is 15.2. The Hall–Kier alpha value is -0.0800. The van der Waals surface area contributed by atoms with Gasteiger partial charge in [0.2, 0.25) is 0 Å². The first-order valence-electron chi connectivity index (χ1n) is 6.48. The number of nitrogens with two attached hydrogens (primary N) is 1. The largest absolute Gasteiger partial charge is 0.329 e. The van der Waals surface area contributed by atoms with Gasteiger partial charge >= 0.3 is 0 Å². The van der Waals surface area contributed by atoms with Crippen LogP contribution in [0.25, 0.3) is 0 Å². The Morgan fingerprint density at radius 3 is 2.60 bits per heavy atom. The summed E-state index contributed by atoms with van der Waals surface area (Å²) in [5, 5.41) is 0. The molecule has 0 bridgehead atoms. The molecule has 15 heavy (non-hydrogen) atoms. The van der Waals surface area contributed by atoms with Crippen molar-refractivity contribution in [1.82, 2.24) is 4.90 Å². The highest BCUT2D eigenvalue weighted by Crippen LogP contribution is 2.41. The molecule has 2 heteroatoms. The SMILES string of the molecule is CCC1CCCC1(CN)N(C)CC(C)C. The topological polar surface area (TPSA) is 29.3 Å². The highest BCUT2D eigenvalue weighted by Gasteiger charge is 2.43. The predicted molar refractivity (Wildman–Crippen MR) is 66.9 cm³/mol. The van der Waals surface area contributed by atoms with Crippen LogP contribution in [0, 0.1) is 11.8 Å². The molecule has 0 aromatic carbocycles. The van der Waals surface area contributed by atoms with E-state index in [2.05, 4.69) is 32.7 Å². The number of likely N-dealkylation sites (N-methyl/N-ethyl adjacent to an activating group) is 1. The van der Waals surface area contributed by atoms with Crippen LogP contribution >= 0.6 is 0 Å². The molecule has 2 atom stereocenters. The van der Waals surface area contributed by atoms with Crippen molar-refractivity contribution in [1.29, 1.82) is 0 Å². The van der Waals surface area contributed by atoms with E-state index in [1.165, 1.54) is 32.2 Å². The van der Waals surface area contributed by atoms with E-state index in [1.54, 1.807) is 0 Å². The van der Waals surface area contributed by atoms with Gasteiger partial charge in [-0.05, 0) is 31.7 Å². The van der Waals surface area contributed by atoms with Crippen LogP contribution in [0.3, 0.4) is 0 Å². The van der Waals surface area contributed by atoms with Gasteiger partial charge in [-0.1, -0.05) is 33.6 Å². The zero-order chi connectivity index (χ0) is 11.5. The van der Waals surface area contributed by atoms with Gasteiger partial charge < -0.3 is 5.73 Å². The first-order valence-corrected chi connectivity index (χ1v) is 6.48. The van der Waals surface area contributed by atoms with Gasteiger partial charge in [0.25, 0.3) is 0 Å². The average molecular weight is 212 g/mol. The summed E-state index contributed by atoms with van der Waals surface area (Å²) in [5.41, 5.74) is 6.37. The molecule has 0 heterocycles. The van der Waals surface area contributed by atoms with Crippen LogP contribution in [0.2, 0.25) is 0 Å². The monoisotopic (exact) mass is 212 g/mol. The molecular formula is C13H28N2. The Balaban J connectivity index is 2.74. The smallest absolute Gasteiger partial charge is 0.0356 e. The van der Waals surface area contributed by atoms with E-state index in [9.17, 15) is 0 Å². The summed E-state index contributed by atoms with van der Waals surface area (Å²) in [7, 11) is 2.26. The van der Waals surface area contributed by atoms with E-state index < -0.39 is 0 Å². The lowest BCUT2D eigenvalue weighted by Crippen LogP contribution is -2.55. The second-order valence-corrected chi connectivity index (χ2v) is 5.58. The zero-order valence-electron chi connectivity index (χ0n) is 10.9. The molecule has 1 rings (SSSR count). The molecule has 0 aromatic rings. The number of rotatable bonds is 5. The molecule has 1 aliphatic rings. The fourth-order valence-corrected chi connectivity index (χ4v) is 3.37. The van der Waals surface area contributed by atoms with Gasteiger partial charge in [0.05, 0.1) is 0 Å². The molecule has 2 unspecified atom stereocenters. The summed E-state index contributed by atoms with van der Waals surface area (Å²) in [6, 6.07) is 0. The van der Waals surface area contributed by atoms with Crippen molar-refractivity contribution < 1.29 is 0 Å². The summed E-state index contributed by atoms with van der Waals surface area (Å²) in [5.74, 6) is 1.54. The molecule has 0 radical (unpaired) electrons. The van der Waals surface area contributed by atoms with Crippen molar-refractivity contribution in [3.05, 3.63) is 0 Å². The van der Waals surface area contributed by atoms with Gasteiger partial charge in [0.1, 0.15) is 0 Å². The second kappa shape index (κ2) is 5.31. The molecular weight excluding hydrogens is 184 g/mol.